The van der Waals surface area contributed by atoms with Gasteiger partial charge in [-0.05, 0) is 39.0 Å². The Morgan fingerprint density at radius 2 is 2.00 bits per heavy atom. The lowest BCUT2D eigenvalue weighted by atomic mass is 10.1. The molecule has 0 aliphatic carbocycles. The van der Waals surface area contributed by atoms with Crippen LogP contribution in [0.2, 0.25) is 0 Å². The smallest absolute Gasteiger partial charge is 0.180 e. The van der Waals surface area contributed by atoms with Crippen LogP contribution in [0.5, 0.6) is 11.5 Å². The third kappa shape index (κ3) is 4.51. The van der Waals surface area contributed by atoms with E-state index in [-0.39, 0.29) is 6.61 Å². The van der Waals surface area contributed by atoms with E-state index in [1.54, 1.807) is 26.2 Å². The monoisotopic (exact) mass is 458 g/mol. The lowest BCUT2D eigenvalue weighted by molar-refractivity contribution is 0.0274. The molecule has 2 aromatic carbocycles. The first-order valence-electron chi connectivity index (χ1n) is 11.1. The van der Waals surface area contributed by atoms with Gasteiger partial charge in [-0.1, -0.05) is 12.1 Å². The summed E-state index contributed by atoms with van der Waals surface area (Å²) in [7, 11) is 0. The maximum absolute atomic E-state index is 9.99. The fourth-order valence-electron chi connectivity index (χ4n) is 3.62. The number of nitrogens with zero attached hydrogens (tertiary/aromatic N) is 4. The van der Waals surface area contributed by atoms with Crippen molar-refractivity contribution in [1.82, 2.24) is 24.6 Å². The number of anilines is 2. The molecule has 5 rings (SSSR count). The van der Waals surface area contributed by atoms with Crippen LogP contribution in [0.15, 0.2) is 61.2 Å². The molecule has 0 amide bonds. The van der Waals surface area contributed by atoms with Crippen molar-refractivity contribution in [1.29, 1.82) is 0 Å². The summed E-state index contributed by atoms with van der Waals surface area (Å²) < 4.78 is 13.5. The number of ether oxygens (including phenoxy) is 2. The number of imidazole rings is 1. The number of nitrogens with one attached hydrogen (secondary N) is 2. The highest BCUT2D eigenvalue weighted by Gasteiger charge is 2.16. The Morgan fingerprint density at radius 3 is 2.82 bits per heavy atom. The summed E-state index contributed by atoms with van der Waals surface area (Å²) in [6.45, 7) is 5.94. The van der Waals surface area contributed by atoms with Gasteiger partial charge in [-0.2, -0.15) is 5.10 Å². The van der Waals surface area contributed by atoms with Gasteiger partial charge in [-0.3, -0.25) is 5.10 Å². The second kappa shape index (κ2) is 8.68. The van der Waals surface area contributed by atoms with Crippen molar-refractivity contribution in [2.45, 2.75) is 26.4 Å². The van der Waals surface area contributed by atoms with Crippen LogP contribution in [0.1, 0.15) is 20.8 Å². The number of hydrogen-bond donors (Lipinski definition) is 3. The molecule has 0 radical (unpaired) electrons. The van der Waals surface area contributed by atoms with Gasteiger partial charge in [-0.25, -0.2) is 9.97 Å². The summed E-state index contributed by atoms with van der Waals surface area (Å²) >= 11 is 0. The zero-order valence-corrected chi connectivity index (χ0v) is 19.2. The third-order valence-corrected chi connectivity index (χ3v) is 5.20. The van der Waals surface area contributed by atoms with Gasteiger partial charge < -0.3 is 24.3 Å². The number of aliphatic hydroxyl groups is 1. The van der Waals surface area contributed by atoms with Gasteiger partial charge in [0, 0.05) is 41.3 Å². The van der Waals surface area contributed by atoms with Crippen molar-refractivity contribution in [2.75, 3.05) is 18.5 Å². The molecule has 0 fully saturated rings. The Hall–Kier alpha value is -4.11. The Kier molecular flexibility index (Phi) is 5.54. The van der Waals surface area contributed by atoms with E-state index in [4.69, 9.17) is 14.5 Å². The molecule has 174 valence electrons. The van der Waals surface area contributed by atoms with Gasteiger partial charge in [0.1, 0.15) is 6.61 Å². The Balaban J connectivity index is 1.49. The lowest BCUT2D eigenvalue weighted by Crippen LogP contribution is -2.28. The average molecular weight is 459 g/mol. The number of fused-ring (bicyclic) bond motifs is 2. The van der Waals surface area contributed by atoms with Gasteiger partial charge in [0.2, 0.25) is 0 Å². The minimum atomic E-state index is -0.948. The number of benzene rings is 2. The minimum Gasteiger partial charge on any atom is -0.490 e. The maximum atomic E-state index is 9.99. The second-order valence-electron chi connectivity index (χ2n) is 8.63. The highest BCUT2D eigenvalue weighted by atomic mass is 16.5. The highest BCUT2D eigenvalue weighted by Crippen LogP contribution is 2.33. The molecule has 0 aliphatic rings. The number of aromatic nitrogens is 5. The fraction of sp³-hybridized carbons (Fsp3) is 0.240. The van der Waals surface area contributed by atoms with Gasteiger partial charge >= 0.3 is 0 Å². The molecular formula is C25H26N6O3. The van der Waals surface area contributed by atoms with Crippen LogP contribution in [-0.4, -0.2) is 48.5 Å². The molecule has 5 aromatic rings. The van der Waals surface area contributed by atoms with Crippen LogP contribution < -0.4 is 14.8 Å². The van der Waals surface area contributed by atoms with Gasteiger partial charge in [-0.15, -0.1) is 0 Å². The van der Waals surface area contributed by atoms with Crippen LogP contribution in [-0.2, 0) is 0 Å². The Bertz CT molecular complexity index is 1450. The van der Waals surface area contributed by atoms with Gasteiger partial charge in [0.25, 0.3) is 0 Å². The quantitative estimate of drug-likeness (QED) is 0.313. The van der Waals surface area contributed by atoms with E-state index in [9.17, 15) is 5.11 Å². The molecule has 9 nitrogen and oxygen atoms in total. The largest absolute Gasteiger partial charge is 0.490 e. The summed E-state index contributed by atoms with van der Waals surface area (Å²) in [6, 6.07) is 11.6. The van der Waals surface area contributed by atoms with Crippen molar-refractivity contribution in [3.05, 3.63) is 61.2 Å². The number of rotatable bonds is 8. The molecule has 0 aliphatic heterocycles. The molecule has 0 saturated heterocycles. The van der Waals surface area contributed by atoms with E-state index >= 15 is 0 Å². The number of aromatic amines is 1. The van der Waals surface area contributed by atoms with E-state index in [0.717, 1.165) is 27.8 Å². The predicted molar refractivity (Wildman–Crippen MR) is 131 cm³/mol. The summed E-state index contributed by atoms with van der Waals surface area (Å²) in [5.41, 5.74) is 3.23. The van der Waals surface area contributed by atoms with Crippen LogP contribution in [0.3, 0.4) is 0 Å². The molecule has 9 heteroatoms. The first-order valence-corrected chi connectivity index (χ1v) is 11.1. The Labute approximate surface area is 196 Å². The van der Waals surface area contributed by atoms with E-state index in [2.05, 4.69) is 20.5 Å². The van der Waals surface area contributed by atoms with Crippen molar-refractivity contribution in [2.24, 2.45) is 0 Å². The third-order valence-electron chi connectivity index (χ3n) is 5.20. The lowest BCUT2D eigenvalue weighted by Gasteiger charge is -2.20. The van der Waals surface area contributed by atoms with Crippen LogP contribution >= 0.6 is 0 Å². The van der Waals surface area contributed by atoms with Gasteiger partial charge in [0.15, 0.2) is 23.0 Å². The molecule has 3 heterocycles. The molecular weight excluding hydrogens is 432 g/mol. The molecule has 3 aromatic heterocycles. The van der Waals surface area contributed by atoms with E-state index in [1.807, 2.05) is 60.1 Å². The molecule has 0 unspecified atom stereocenters. The SMILES string of the molecule is CCOc1cc(Nc2nc(-c3ccc4cn[nH]c4c3)cn3ccnc23)ccc1OCC(C)(C)O. The Morgan fingerprint density at radius 1 is 1.12 bits per heavy atom. The molecule has 0 spiro atoms. The van der Waals surface area contributed by atoms with Crippen LogP contribution in [0.25, 0.3) is 27.8 Å². The zero-order valence-electron chi connectivity index (χ0n) is 19.2. The van der Waals surface area contributed by atoms with Crippen LogP contribution in [0, 0.1) is 0 Å². The van der Waals surface area contributed by atoms with E-state index < -0.39 is 5.60 Å². The summed E-state index contributed by atoms with van der Waals surface area (Å²) in [4.78, 5) is 9.32. The molecule has 3 N–H and O–H groups in total. The second-order valence-corrected chi connectivity index (χ2v) is 8.63. The average Bonchev–Trinajstić information content (AvgIpc) is 3.47. The maximum Gasteiger partial charge on any atom is 0.180 e. The first kappa shape index (κ1) is 21.7. The zero-order chi connectivity index (χ0) is 23.7. The molecule has 0 saturated carbocycles. The standard InChI is InChI=1S/C25H26N6O3/c1-4-33-22-12-18(7-8-21(22)34-15-25(2,3)32)28-23-24-26-9-10-31(24)14-20(29-23)16-5-6-17-13-27-30-19(17)11-16/h5-14,32H,4,15H2,1-3H3,(H,27,30)(H,28,29). The number of hydrogen-bond acceptors (Lipinski definition) is 7. The normalized spacial score (nSPS) is 11.8. The first-order chi connectivity index (χ1) is 16.4. The molecule has 0 bridgehead atoms. The molecule has 0 atom stereocenters. The van der Waals surface area contributed by atoms with Crippen molar-refractivity contribution >= 4 is 28.1 Å². The number of H-pyrrole nitrogens is 1. The van der Waals surface area contributed by atoms with Crippen molar-refractivity contribution in [3.8, 4) is 22.8 Å². The summed E-state index contributed by atoms with van der Waals surface area (Å²) in [6.07, 6.45) is 7.37. The highest BCUT2D eigenvalue weighted by molar-refractivity contribution is 5.84. The summed E-state index contributed by atoms with van der Waals surface area (Å²) in [5.74, 6) is 1.76. The fourth-order valence-corrected chi connectivity index (χ4v) is 3.62. The van der Waals surface area contributed by atoms with Crippen LogP contribution in [0.4, 0.5) is 11.5 Å². The van der Waals surface area contributed by atoms with Crippen molar-refractivity contribution < 1.29 is 14.6 Å². The van der Waals surface area contributed by atoms with Crippen molar-refractivity contribution in [3.63, 3.8) is 0 Å². The minimum absolute atomic E-state index is 0.152. The van der Waals surface area contributed by atoms with E-state index in [0.29, 0.717) is 29.6 Å². The molecule has 34 heavy (non-hydrogen) atoms. The van der Waals surface area contributed by atoms with Gasteiger partial charge in [0.05, 0.1) is 29.6 Å². The topological polar surface area (TPSA) is 110 Å². The predicted octanol–water partition coefficient (Wildman–Crippen LogP) is 4.56. The summed E-state index contributed by atoms with van der Waals surface area (Å²) in [5, 5.41) is 21.5. The van der Waals surface area contributed by atoms with E-state index in [1.165, 1.54) is 0 Å².